The highest BCUT2D eigenvalue weighted by atomic mass is 16.5. The molecular weight excluding hydrogens is 450 g/mol. The molecule has 5 heteroatoms. The first kappa shape index (κ1) is 31.1. The maximum atomic E-state index is 12.3. The second-order valence-electron chi connectivity index (χ2n) is 14.8. The SMILES string of the molecule is CC1(C)CC(OC(=O)CCCCCCCCCCC(=O)OC2CC(C)(C)NC(C)(C)C2)CC(C)(C)C1. The van der Waals surface area contributed by atoms with Crippen molar-refractivity contribution in [1.82, 2.24) is 5.32 Å². The zero-order valence-electron chi connectivity index (χ0n) is 24.9. The highest BCUT2D eigenvalue weighted by molar-refractivity contribution is 5.69. The fourth-order valence-corrected chi connectivity index (χ4v) is 7.23. The van der Waals surface area contributed by atoms with E-state index < -0.39 is 0 Å². The van der Waals surface area contributed by atoms with E-state index in [9.17, 15) is 9.59 Å². The van der Waals surface area contributed by atoms with Gasteiger partial charge >= 0.3 is 11.9 Å². The molecule has 0 atom stereocenters. The van der Waals surface area contributed by atoms with Crippen molar-refractivity contribution in [2.75, 3.05) is 0 Å². The Labute approximate surface area is 222 Å². The monoisotopic (exact) mass is 507 g/mol. The summed E-state index contributed by atoms with van der Waals surface area (Å²) >= 11 is 0. The van der Waals surface area contributed by atoms with Crippen LogP contribution in [0.2, 0.25) is 0 Å². The molecule has 210 valence electrons. The number of hydrogen-bond donors (Lipinski definition) is 1. The van der Waals surface area contributed by atoms with Gasteiger partial charge in [0.15, 0.2) is 0 Å². The van der Waals surface area contributed by atoms with E-state index in [-0.39, 0.29) is 46.1 Å². The molecule has 0 bridgehead atoms. The fraction of sp³-hybridized carbons (Fsp3) is 0.935. The molecule has 36 heavy (non-hydrogen) atoms. The van der Waals surface area contributed by atoms with E-state index in [4.69, 9.17) is 9.47 Å². The molecule has 2 fully saturated rings. The first-order chi connectivity index (χ1) is 16.6. The lowest BCUT2D eigenvalue weighted by Crippen LogP contribution is -2.59. The second kappa shape index (κ2) is 13.1. The van der Waals surface area contributed by atoms with Gasteiger partial charge in [-0.15, -0.1) is 0 Å². The summed E-state index contributed by atoms with van der Waals surface area (Å²) in [6.45, 7) is 17.9. The van der Waals surface area contributed by atoms with Crippen LogP contribution in [0.15, 0.2) is 0 Å². The van der Waals surface area contributed by atoms with Crippen LogP contribution in [-0.4, -0.2) is 35.2 Å². The summed E-state index contributed by atoms with van der Waals surface area (Å²) in [4.78, 5) is 24.6. The third-order valence-electron chi connectivity index (χ3n) is 7.78. The summed E-state index contributed by atoms with van der Waals surface area (Å²) in [5.74, 6) is -0.0576. The van der Waals surface area contributed by atoms with Crippen molar-refractivity contribution in [3.8, 4) is 0 Å². The van der Waals surface area contributed by atoms with Gasteiger partial charge < -0.3 is 14.8 Å². The van der Waals surface area contributed by atoms with Crippen molar-refractivity contribution in [1.29, 1.82) is 0 Å². The van der Waals surface area contributed by atoms with Crippen LogP contribution in [0.5, 0.6) is 0 Å². The van der Waals surface area contributed by atoms with E-state index in [0.717, 1.165) is 57.8 Å². The second-order valence-corrected chi connectivity index (χ2v) is 14.8. The van der Waals surface area contributed by atoms with Gasteiger partial charge in [0.05, 0.1) is 0 Å². The normalized spacial score (nSPS) is 23.2. The lowest BCUT2D eigenvalue weighted by molar-refractivity contribution is -0.156. The highest BCUT2D eigenvalue weighted by Gasteiger charge is 2.40. The molecule has 2 rings (SSSR count). The van der Waals surface area contributed by atoms with Gasteiger partial charge in [0.1, 0.15) is 12.2 Å². The fourth-order valence-electron chi connectivity index (χ4n) is 7.23. The number of nitrogens with one attached hydrogen (secondary N) is 1. The number of esters is 2. The average molecular weight is 508 g/mol. The zero-order valence-corrected chi connectivity index (χ0v) is 24.9. The topological polar surface area (TPSA) is 64.6 Å². The Bertz CT molecular complexity index is 617. The molecule has 1 aliphatic heterocycles. The van der Waals surface area contributed by atoms with Crippen LogP contribution >= 0.6 is 0 Å². The molecule has 1 N–H and O–H groups in total. The number of rotatable bonds is 13. The third-order valence-corrected chi connectivity index (χ3v) is 7.78. The van der Waals surface area contributed by atoms with Crippen molar-refractivity contribution in [3.05, 3.63) is 0 Å². The average Bonchev–Trinajstić information content (AvgIpc) is 2.64. The molecule has 1 heterocycles. The van der Waals surface area contributed by atoms with Crippen molar-refractivity contribution >= 4 is 11.9 Å². The van der Waals surface area contributed by atoms with Gasteiger partial charge in [0.25, 0.3) is 0 Å². The molecule has 0 aromatic rings. The van der Waals surface area contributed by atoms with Crippen molar-refractivity contribution in [2.24, 2.45) is 10.8 Å². The van der Waals surface area contributed by atoms with Gasteiger partial charge in [-0.05, 0) is 70.6 Å². The van der Waals surface area contributed by atoms with Crippen LogP contribution in [-0.2, 0) is 19.1 Å². The van der Waals surface area contributed by atoms with E-state index in [2.05, 4.69) is 60.7 Å². The van der Waals surface area contributed by atoms with Gasteiger partial charge in [-0.1, -0.05) is 66.2 Å². The molecule has 0 spiro atoms. The Hall–Kier alpha value is -1.10. The van der Waals surface area contributed by atoms with E-state index >= 15 is 0 Å². The van der Waals surface area contributed by atoms with E-state index in [0.29, 0.717) is 12.8 Å². The maximum absolute atomic E-state index is 12.3. The Morgan fingerprint density at radius 1 is 0.583 bits per heavy atom. The molecule has 2 aliphatic rings. The molecular formula is C31H57NO4. The molecule has 0 aromatic heterocycles. The third kappa shape index (κ3) is 12.4. The summed E-state index contributed by atoms with van der Waals surface area (Å²) in [7, 11) is 0. The van der Waals surface area contributed by atoms with Gasteiger partial charge in [0.2, 0.25) is 0 Å². The molecule has 1 saturated carbocycles. The predicted molar refractivity (Wildman–Crippen MR) is 148 cm³/mol. The minimum Gasteiger partial charge on any atom is -0.462 e. The summed E-state index contributed by atoms with van der Waals surface area (Å²) in [5, 5.41) is 3.63. The quantitative estimate of drug-likeness (QED) is 0.203. The van der Waals surface area contributed by atoms with Crippen LogP contribution < -0.4 is 5.32 Å². The van der Waals surface area contributed by atoms with Crippen LogP contribution in [0.1, 0.15) is 152 Å². The molecule has 5 nitrogen and oxygen atoms in total. The molecule has 0 amide bonds. The van der Waals surface area contributed by atoms with Crippen molar-refractivity contribution < 1.29 is 19.1 Å². The molecule has 0 aromatic carbocycles. The molecule has 1 saturated heterocycles. The van der Waals surface area contributed by atoms with Crippen LogP contribution in [0, 0.1) is 10.8 Å². The Kier molecular flexibility index (Phi) is 11.3. The summed E-state index contributed by atoms with van der Waals surface area (Å²) < 4.78 is 11.6. The Balaban J connectivity index is 1.45. The first-order valence-corrected chi connectivity index (χ1v) is 14.7. The van der Waals surface area contributed by atoms with E-state index in [1.807, 2.05) is 0 Å². The number of hydrogen-bond acceptors (Lipinski definition) is 5. The lowest BCUT2D eigenvalue weighted by Gasteiger charge is -2.45. The zero-order chi connectivity index (χ0) is 27.0. The Morgan fingerprint density at radius 3 is 1.31 bits per heavy atom. The molecule has 0 unspecified atom stereocenters. The van der Waals surface area contributed by atoms with Crippen LogP contribution in [0.3, 0.4) is 0 Å². The minimum atomic E-state index is -0.0410. The minimum absolute atomic E-state index is 0.00318. The number of ether oxygens (including phenoxy) is 2. The molecule has 1 aliphatic carbocycles. The smallest absolute Gasteiger partial charge is 0.306 e. The summed E-state index contributed by atoms with van der Waals surface area (Å²) in [5.41, 5.74) is 0.483. The van der Waals surface area contributed by atoms with Crippen molar-refractivity contribution in [3.63, 3.8) is 0 Å². The highest BCUT2D eigenvalue weighted by Crippen LogP contribution is 2.46. The van der Waals surface area contributed by atoms with E-state index in [1.54, 1.807) is 0 Å². The first-order valence-electron chi connectivity index (χ1n) is 14.7. The van der Waals surface area contributed by atoms with Gasteiger partial charge in [-0.3, -0.25) is 9.59 Å². The number of unbranched alkanes of at least 4 members (excludes halogenated alkanes) is 7. The molecule has 0 radical (unpaired) electrons. The van der Waals surface area contributed by atoms with Crippen LogP contribution in [0.25, 0.3) is 0 Å². The van der Waals surface area contributed by atoms with Crippen LogP contribution in [0.4, 0.5) is 0 Å². The van der Waals surface area contributed by atoms with Gasteiger partial charge in [0, 0.05) is 36.8 Å². The summed E-state index contributed by atoms with van der Waals surface area (Å²) in [6, 6.07) is 0. The Morgan fingerprint density at radius 2 is 0.917 bits per heavy atom. The van der Waals surface area contributed by atoms with E-state index in [1.165, 1.54) is 25.7 Å². The van der Waals surface area contributed by atoms with Gasteiger partial charge in [-0.25, -0.2) is 0 Å². The summed E-state index contributed by atoms with van der Waals surface area (Å²) in [6.07, 6.45) is 14.8. The maximum Gasteiger partial charge on any atom is 0.306 e. The largest absolute Gasteiger partial charge is 0.462 e. The van der Waals surface area contributed by atoms with Gasteiger partial charge in [-0.2, -0.15) is 0 Å². The van der Waals surface area contributed by atoms with Crippen molar-refractivity contribution in [2.45, 2.75) is 175 Å². The predicted octanol–water partition coefficient (Wildman–Crippen LogP) is 7.89. The number of carbonyl (C=O) groups is 2. The number of piperidine rings is 1. The lowest BCUT2D eigenvalue weighted by atomic mass is 9.64. The number of carbonyl (C=O) groups excluding carboxylic acids is 2. The standard InChI is InChI=1S/C31H57NO4/c1-28(2)19-24(20-29(3,4)23-28)35-26(33)17-15-13-11-9-10-12-14-16-18-27(34)36-25-21-30(5,6)32-31(7,8)22-25/h24-25,32H,9-23H2,1-8H3.